The van der Waals surface area contributed by atoms with Gasteiger partial charge in [-0.05, 0) is 78.4 Å². The van der Waals surface area contributed by atoms with Crippen molar-refractivity contribution in [3.05, 3.63) is 94.5 Å². The Morgan fingerprint density at radius 1 is 0.731 bits per heavy atom. The van der Waals surface area contributed by atoms with Crippen LogP contribution in [0.5, 0.6) is 11.5 Å². The highest BCUT2D eigenvalue weighted by atomic mass is 16.5. The number of aryl methyl sites for hydroxylation is 2. The Hall–Kier alpha value is -2.74. The molecule has 0 aliphatic rings. The van der Waals surface area contributed by atoms with E-state index in [9.17, 15) is 0 Å². The fourth-order valence-corrected chi connectivity index (χ4v) is 3.40. The topological polar surface area (TPSA) is 18.5 Å². The summed E-state index contributed by atoms with van der Waals surface area (Å²) in [5, 5.41) is 0. The minimum Gasteiger partial charge on any atom is -0.497 e. The fraction of sp³-hybridized carbons (Fsp3) is 0.250. The number of hydrogen-bond acceptors (Lipinski definition) is 2. The van der Waals surface area contributed by atoms with Gasteiger partial charge in [0.25, 0.3) is 0 Å². The highest BCUT2D eigenvalue weighted by Crippen LogP contribution is 2.32. The predicted molar refractivity (Wildman–Crippen MR) is 106 cm³/mol. The highest BCUT2D eigenvalue weighted by molar-refractivity contribution is 5.42. The summed E-state index contributed by atoms with van der Waals surface area (Å²) in [4.78, 5) is 0. The molecule has 0 N–H and O–H groups in total. The monoisotopic (exact) mass is 345 g/mol. The third-order valence-electron chi connectivity index (χ3n) is 5.00. The summed E-state index contributed by atoms with van der Waals surface area (Å²) in [6.07, 6.45) is 0.949. The molecule has 3 rings (SSSR count). The van der Waals surface area contributed by atoms with E-state index >= 15 is 0 Å². The summed E-state index contributed by atoms with van der Waals surface area (Å²) >= 11 is 0. The quantitative estimate of drug-likeness (QED) is 0.588. The summed E-state index contributed by atoms with van der Waals surface area (Å²) < 4.78 is 10.6. The van der Waals surface area contributed by atoms with E-state index in [1.165, 1.54) is 27.8 Å². The van der Waals surface area contributed by atoms with Gasteiger partial charge in [0.1, 0.15) is 11.5 Å². The first kappa shape index (κ1) is 18.1. The van der Waals surface area contributed by atoms with Crippen LogP contribution in [0.25, 0.3) is 0 Å². The van der Waals surface area contributed by atoms with E-state index < -0.39 is 0 Å². The van der Waals surface area contributed by atoms with Gasteiger partial charge in [-0.3, -0.25) is 0 Å². The van der Waals surface area contributed by atoms with Gasteiger partial charge in [-0.15, -0.1) is 0 Å². The van der Waals surface area contributed by atoms with E-state index in [0.717, 1.165) is 17.9 Å². The van der Waals surface area contributed by atoms with Gasteiger partial charge in [-0.2, -0.15) is 0 Å². The minimum absolute atomic E-state index is 0.270. The van der Waals surface area contributed by atoms with E-state index in [-0.39, 0.29) is 5.92 Å². The lowest BCUT2D eigenvalue weighted by Gasteiger charge is -2.21. The van der Waals surface area contributed by atoms with Crippen LogP contribution in [-0.4, -0.2) is 14.2 Å². The van der Waals surface area contributed by atoms with Gasteiger partial charge >= 0.3 is 0 Å². The average molecular weight is 345 g/mol. The summed E-state index contributed by atoms with van der Waals surface area (Å²) in [6, 6.07) is 24.1. The molecule has 3 aromatic carbocycles. The third-order valence-corrected chi connectivity index (χ3v) is 5.00. The molecule has 0 fully saturated rings. The zero-order chi connectivity index (χ0) is 18.5. The number of methoxy groups -OCH3 is 2. The maximum Gasteiger partial charge on any atom is 0.118 e. The molecule has 0 atom stereocenters. The lowest BCUT2D eigenvalue weighted by atomic mass is 9.83. The smallest absolute Gasteiger partial charge is 0.118 e. The molecule has 0 aliphatic carbocycles. The number of hydrogen-bond donors (Lipinski definition) is 0. The van der Waals surface area contributed by atoms with Crippen LogP contribution < -0.4 is 9.47 Å². The van der Waals surface area contributed by atoms with Crippen molar-refractivity contribution in [2.75, 3.05) is 14.2 Å². The lowest BCUT2D eigenvalue weighted by Crippen LogP contribution is -2.08. The van der Waals surface area contributed by atoms with Gasteiger partial charge < -0.3 is 9.47 Å². The fourth-order valence-electron chi connectivity index (χ4n) is 3.40. The average Bonchev–Trinajstić information content (AvgIpc) is 2.68. The maximum atomic E-state index is 5.32. The van der Waals surface area contributed by atoms with Crippen LogP contribution in [0.4, 0.5) is 0 Å². The van der Waals surface area contributed by atoms with Gasteiger partial charge in [-0.1, -0.05) is 36.4 Å². The van der Waals surface area contributed by atoms with E-state index in [1.54, 1.807) is 14.2 Å². The molecule has 0 bridgehead atoms. The van der Waals surface area contributed by atoms with Gasteiger partial charge in [0, 0.05) is 5.92 Å². The molecule has 26 heavy (non-hydrogen) atoms. The first-order valence-corrected chi connectivity index (χ1v) is 8.86. The molecule has 0 spiro atoms. The molecule has 0 saturated heterocycles. The van der Waals surface area contributed by atoms with Crippen molar-refractivity contribution in [3.8, 4) is 11.5 Å². The molecule has 0 amide bonds. The molecule has 133 valence electrons. The Morgan fingerprint density at radius 2 is 1.15 bits per heavy atom. The standard InChI is InChI=1S/C24H25O2/c1-17-6-5-7-18(2)23(17)16-24(19-8-12-21(25-3)13-9-19)20-10-14-22(26-4)15-11-20/h6-15,24H,16H2,1-4H3. The van der Waals surface area contributed by atoms with Crippen molar-refractivity contribution in [1.82, 2.24) is 0 Å². The molecule has 1 radical (unpaired) electrons. The molecule has 0 unspecified atom stereocenters. The summed E-state index contributed by atoms with van der Waals surface area (Å²) in [6.45, 7) is 4.33. The van der Waals surface area contributed by atoms with Crippen LogP contribution >= 0.6 is 0 Å². The van der Waals surface area contributed by atoms with Gasteiger partial charge in [0.2, 0.25) is 0 Å². The molecule has 2 heteroatoms. The van der Waals surface area contributed by atoms with Crippen molar-refractivity contribution in [2.45, 2.75) is 26.2 Å². The summed E-state index contributed by atoms with van der Waals surface area (Å²) in [5.41, 5.74) is 6.53. The zero-order valence-electron chi connectivity index (χ0n) is 15.9. The van der Waals surface area contributed by atoms with Gasteiger partial charge in [-0.25, -0.2) is 0 Å². The Morgan fingerprint density at radius 3 is 1.54 bits per heavy atom. The largest absolute Gasteiger partial charge is 0.497 e. The van der Waals surface area contributed by atoms with Crippen LogP contribution in [0.2, 0.25) is 0 Å². The molecule has 0 aliphatic heterocycles. The second kappa shape index (κ2) is 8.09. The van der Waals surface area contributed by atoms with Crippen molar-refractivity contribution >= 4 is 0 Å². The predicted octanol–water partition coefficient (Wildman–Crippen LogP) is 5.50. The Labute approximate surface area is 156 Å². The summed E-state index contributed by atoms with van der Waals surface area (Å²) in [5.74, 6) is 2.03. The van der Waals surface area contributed by atoms with Crippen molar-refractivity contribution in [3.63, 3.8) is 0 Å². The third kappa shape index (κ3) is 3.91. The van der Waals surface area contributed by atoms with E-state index in [4.69, 9.17) is 9.47 Å². The molecule has 0 aromatic heterocycles. The van der Waals surface area contributed by atoms with E-state index in [1.807, 2.05) is 24.3 Å². The molecular formula is C24H25O2. The molecule has 3 aromatic rings. The zero-order valence-corrected chi connectivity index (χ0v) is 15.9. The number of benzene rings is 3. The van der Waals surface area contributed by atoms with Crippen LogP contribution in [0.1, 0.15) is 33.7 Å². The molecule has 0 saturated carbocycles. The number of ether oxygens (including phenoxy) is 2. The Bertz CT molecular complexity index is 781. The van der Waals surface area contributed by atoms with Crippen LogP contribution in [0.3, 0.4) is 0 Å². The second-order valence-electron chi connectivity index (χ2n) is 6.60. The van der Waals surface area contributed by atoms with Crippen molar-refractivity contribution < 1.29 is 9.47 Å². The molecule has 0 heterocycles. The first-order valence-electron chi connectivity index (χ1n) is 8.86. The van der Waals surface area contributed by atoms with Gasteiger partial charge in [0.05, 0.1) is 14.2 Å². The van der Waals surface area contributed by atoms with Crippen LogP contribution in [0, 0.1) is 19.9 Å². The Kier molecular flexibility index (Phi) is 5.62. The number of rotatable bonds is 6. The Balaban J connectivity index is 2.02. The summed E-state index contributed by atoms with van der Waals surface area (Å²) in [7, 11) is 3.40. The van der Waals surface area contributed by atoms with E-state index in [0.29, 0.717) is 0 Å². The van der Waals surface area contributed by atoms with Gasteiger partial charge in [0.15, 0.2) is 0 Å². The minimum atomic E-state index is 0.270. The normalized spacial score (nSPS) is 10.8. The van der Waals surface area contributed by atoms with Crippen molar-refractivity contribution in [1.29, 1.82) is 0 Å². The SMILES string of the molecule is COc1ccc(C(Cc2c(C)c[c]cc2C)c2ccc(OC)cc2)cc1. The molecular weight excluding hydrogens is 320 g/mol. The van der Waals surface area contributed by atoms with Crippen molar-refractivity contribution in [2.24, 2.45) is 0 Å². The van der Waals surface area contributed by atoms with Crippen LogP contribution in [0.15, 0.2) is 60.7 Å². The van der Waals surface area contributed by atoms with Crippen LogP contribution in [-0.2, 0) is 6.42 Å². The maximum absolute atomic E-state index is 5.32. The highest BCUT2D eigenvalue weighted by Gasteiger charge is 2.17. The first-order chi connectivity index (χ1) is 12.6. The lowest BCUT2D eigenvalue weighted by molar-refractivity contribution is 0.414. The second-order valence-corrected chi connectivity index (χ2v) is 6.60. The van der Waals surface area contributed by atoms with E-state index in [2.05, 4.69) is 56.3 Å². The molecule has 2 nitrogen and oxygen atoms in total.